The van der Waals surface area contributed by atoms with Crippen LogP contribution in [0.2, 0.25) is 0 Å². The predicted octanol–water partition coefficient (Wildman–Crippen LogP) is 2.72. The predicted molar refractivity (Wildman–Crippen MR) is 77.9 cm³/mol. The molecule has 0 saturated carbocycles. The zero-order valence-electron chi connectivity index (χ0n) is 12.5. The van der Waals surface area contributed by atoms with Crippen LogP contribution < -0.4 is 15.2 Å². The molecule has 0 aliphatic heterocycles. The summed E-state index contributed by atoms with van der Waals surface area (Å²) in [5.74, 6) is 1.51. The van der Waals surface area contributed by atoms with Crippen LogP contribution in [0, 0.1) is 0 Å². The molecule has 1 rings (SSSR count). The van der Waals surface area contributed by atoms with Gasteiger partial charge in [-0.1, -0.05) is 19.8 Å². The molecule has 0 radical (unpaired) electrons. The van der Waals surface area contributed by atoms with Crippen molar-refractivity contribution in [3.05, 3.63) is 17.3 Å². The highest BCUT2D eigenvalue weighted by Gasteiger charge is 2.14. The van der Waals surface area contributed by atoms with Gasteiger partial charge in [-0.15, -0.1) is 0 Å². The lowest BCUT2D eigenvalue weighted by Gasteiger charge is -2.15. The van der Waals surface area contributed by atoms with Crippen molar-refractivity contribution in [2.24, 2.45) is 5.73 Å². The van der Waals surface area contributed by atoms with E-state index in [4.69, 9.17) is 15.2 Å². The quantitative estimate of drug-likeness (QED) is 0.735. The maximum atomic E-state index is 5.84. The van der Waals surface area contributed by atoms with Gasteiger partial charge >= 0.3 is 0 Å². The van der Waals surface area contributed by atoms with Gasteiger partial charge in [0.1, 0.15) is 5.75 Å². The lowest BCUT2D eigenvalue weighted by atomic mass is 10.1. The van der Waals surface area contributed by atoms with Gasteiger partial charge in [-0.3, -0.25) is 0 Å². The molecule has 2 N–H and O–H groups in total. The summed E-state index contributed by atoms with van der Waals surface area (Å²) in [6.45, 7) is 4.16. The number of unbranched alkanes of at least 4 members (excludes halogenated alkanes) is 2. The molecule has 1 heterocycles. The van der Waals surface area contributed by atoms with Crippen LogP contribution in [0.5, 0.6) is 11.6 Å². The third kappa shape index (κ3) is 4.71. The van der Waals surface area contributed by atoms with Gasteiger partial charge in [0.2, 0.25) is 5.88 Å². The standard InChI is InChI=1S/C15H26N2O2/c1-5-6-7-8-12-10-14(18-3)13(9-11(2)16)17-15(12)19-4/h10-11H,5-9,16H2,1-4H3. The number of nitrogens with zero attached hydrogens (tertiary/aromatic N) is 1. The Bertz CT molecular complexity index is 392. The van der Waals surface area contributed by atoms with E-state index in [9.17, 15) is 0 Å². The van der Waals surface area contributed by atoms with Gasteiger partial charge in [0.25, 0.3) is 0 Å². The van der Waals surface area contributed by atoms with E-state index in [-0.39, 0.29) is 6.04 Å². The van der Waals surface area contributed by atoms with E-state index >= 15 is 0 Å². The first-order chi connectivity index (χ1) is 9.12. The Balaban J connectivity index is 2.97. The van der Waals surface area contributed by atoms with Gasteiger partial charge < -0.3 is 15.2 Å². The molecule has 0 spiro atoms. The van der Waals surface area contributed by atoms with Gasteiger partial charge in [-0.2, -0.15) is 0 Å². The summed E-state index contributed by atoms with van der Waals surface area (Å²) in [5.41, 5.74) is 7.82. The molecule has 108 valence electrons. The highest BCUT2D eigenvalue weighted by atomic mass is 16.5. The molecule has 1 aromatic rings. The topological polar surface area (TPSA) is 57.4 Å². The Morgan fingerprint density at radius 1 is 1.26 bits per heavy atom. The van der Waals surface area contributed by atoms with Crippen LogP contribution >= 0.6 is 0 Å². The van der Waals surface area contributed by atoms with Crippen LogP contribution in [0.15, 0.2) is 6.07 Å². The molecule has 0 amide bonds. The molecular formula is C15H26N2O2. The number of hydrogen-bond acceptors (Lipinski definition) is 4. The molecule has 19 heavy (non-hydrogen) atoms. The highest BCUT2D eigenvalue weighted by molar-refractivity contribution is 5.39. The monoisotopic (exact) mass is 266 g/mol. The summed E-state index contributed by atoms with van der Waals surface area (Å²) in [5, 5.41) is 0. The first-order valence-electron chi connectivity index (χ1n) is 6.98. The van der Waals surface area contributed by atoms with Crippen LogP contribution in [-0.2, 0) is 12.8 Å². The fraction of sp³-hybridized carbons (Fsp3) is 0.667. The first kappa shape index (κ1) is 15.8. The summed E-state index contributed by atoms with van der Waals surface area (Å²) >= 11 is 0. The summed E-state index contributed by atoms with van der Waals surface area (Å²) in [7, 11) is 3.33. The van der Waals surface area contributed by atoms with Crippen molar-refractivity contribution in [1.29, 1.82) is 0 Å². The molecular weight excluding hydrogens is 240 g/mol. The third-order valence-corrected chi connectivity index (χ3v) is 3.08. The van der Waals surface area contributed by atoms with Crippen molar-refractivity contribution in [1.82, 2.24) is 4.98 Å². The fourth-order valence-electron chi connectivity index (χ4n) is 2.10. The van der Waals surface area contributed by atoms with Crippen molar-refractivity contribution in [3.8, 4) is 11.6 Å². The Kier molecular flexibility index (Phi) is 6.64. The number of aromatic nitrogens is 1. The van der Waals surface area contributed by atoms with Gasteiger partial charge in [0.15, 0.2) is 0 Å². The van der Waals surface area contributed by atoms with E-state index in [0.29, 0.717) is 12.3 Å². The second-order valence-electron chi connectivity index (χ2n) is 4.94. The third-order valence-electron chi connectivity index (χ3n) is 3.08. The molecule has 4 nitrogen and oxygen atoms in total. The molecule has 0 fully saturated rings. The van der Waals surface area contributed by atoms with E-state index in [0.717, 1.165) is 29.8 Å². The first-order valence-corrected chi connectivity index (χ1v) is 6.98. The number of methoxy groups -OCH3 is 2. The Morgan fingerprint density at radius 3 is 2.53 bits per heavy atom. The molecule has 1 aromatic heterocycles. The molecule has 0 aromatic carbocycles. The van der Waals surface area contributed by atoms with Crippen molar-refractivity contribution in [2.45, 2.75) is 52.0 Å². The minimum atomic E-state index is 0.0528. The average Bonchev–Trinajstić information content (AvgIpc) is 2.39. The van der Waals surface area contributed by atoms with Crippen LogP contribution in [-0.4, -0.2) is 25.2 Å². The average molecular weight is 266 g/mol. The number of nitrogens with two attached hydrogens (primary N) is 1. The van der Waals surface area contributed by atoms with Gasteiger partial charge in [-0.05, 0) is 25.8 Å². The van der Waals surface area contributed by atoms with Gasteiger partial charge in [-0.25, -0.2) is 4.98 Å². The van der Waals surface area contributed by atoms with Crippen molar-refractivity contribution in [3.63, 3.8) is 0 Å². The number of hydrogen-bond donors (Lipinski definition) is 1. The summed E-state index contributed by atoms with van der Waals surface area (Å²) in [6.07, 6.45) is 5.22. The fourth-order valence-corrected chi connectivity index (χ4v) is 2.10. The van der Waals surface area contributed by atoms with Crippen molar-refractivity contribution < 1.29 is 9.47 Å². The molecule has 0 bridgehead atoms. The van der Waals surface area contributed by atoms with E-state index in [1.165, 1.54) is 12.8 Å². The zero-order valence-corrected chi connectivity index (χ0v) is 12.5. The Morgan fingerprint density at radius 2 is 2.00 bits per heavy atom. The maximum absolute atomic E-state index is 5.84. The molecule has 0 aliphatic carbocycles. The lowest BCUT2D eigenvalue weighted by Crippen LogP contribution is -2.19. The maximum Gasteiger partial charge on any atom is 0.216 e. The van der Waals surface area contributed by atoms with Crippen molar-refractivity contribution in [2.75, 3.05) is 14.2 Å². The molecule has 1 atom stereocenters. The van der Waals surface area contributed by atoms with E-state index in [1.54, 1.807) is 14.2 Å². The zero-order chi connectivity index (χ0) is 14.3. The van der Waals surface area contributed by atoms with E-state index in [2.05, 4.69) is 11.9 Å². The number of aryl methyl sites for hydroxylation is 1. The molecule has 0 aliphatic rings. The minimum absolute atomic E-state index is 0.0528. The molecule has 0 saturated heterocycles. The summed E-state index contributed by atoms with van der Waals surface area (Å²) in [6, 6.07) is 2.09. The normalized spacial score (nSPS) is 12.3. The van der Waals surface area contributed by atoms with Crippen LogP contribution in [0.1, 0.15) is 44.4 Å². The molecule has 4 heteroatoms. The SMILES string of the molecule is CCCCCc1cc(OC)c(CC(C)N)nc1OC. The highest BCUT2D eigenvalue weighted by Crippen LogP contribution is 2.27. The van der Waals surface area contributed by atoms with E-state index in [1.807, 2.05) is 13.0 Å². The summed E-state index contributed by atoms with van der Waals surface area (Å²) in [4.78, 5) is 4.55. The van der Waals surface area contributed by atoms with Crippen LogP contribution in [0.25, 0.3) is 0 Å². The van der Waals surface area contributed by atoms with E-state index < -0.39 is 0 Å². The lowest BCUT2D eigenvalue weighted by molar-refractivity contribution is 0.375. The second kappa shape index (κ2) is 8.00. The van der Waals surface area contributed by atoms with Crippen molar-refractivity contribution >= 4 is 0 Å². The largest absolute Gasteiger partial charge is 0.495 e. The van der Waals surface area contributed by atoms with Gasteiger partial charge in [0.05, 0.1) is 19.9 Å². The van der Waals surface area contributed by atoms with Crippen LogP contribution in [0.4, 0.5) is 0 Å². The minimum Gasteiger partial charge on any atom is -0.495 e. The number of pyridine rings is 1. The second-order valence-corrected chi connectivity index (χ2v) is 4.94. The number of rotatable bonds is 8. The Hall–Kier alpha value is -1.29. The summed E-state index contributed by atoms with van der Waals surface area (Å²) < 4.78 is 10.8. The van der Waals surface area contributed by atoms with Crippen LogP contribution in [0.3, 0.4) is 0 Å². The number of ether oxygens (including phenoxy) is 2. The Labute approximate surface area is 116 Å². The smallest absolute Gasteiger partial charge is 0.216 e. The van der Waals surface area contributed by atoms with Gasteiger partial charge in [0, 0.05) is 18.0 Å². The molecule has 1 unspecified atom stereocenters.